The number of nitrogens with zero attached hydrogens (tertiary/aromatic N) is 4. The van der Waals surface area contributed by atoms with E-state index in [1.165, 1.54) is 19.4 Å². The third-order valence-corrected chi connectivity index (χ3v) is 4.16. The van der Waals surface area contributed by atoms with E-state index in [1.54, 1.807) is 0 Å². The zero-order chi connectivity index (χ0) is 11.8. The van der Waals surface area contributed by atoms with Gasteiger partial charge < -0.3 is 4.90 Å². The highest BCUT2D eigenvalue weighted by molar-refractivity contribution is 9.10. The van der Waals surface area contributed by atoms with Crippen LogP contribution in [0.1, 0.15) is 18.7 Å². The summed E-state index contributed by atoms with van der Waals surface area (Å²) in [6, 6.07) is 6.60. The molecule has 17 heavy (non-hydrogen) atoms. The molecule has 3 rings (SSSR count). The van der Waals surface area contributed by atoms with Gasteiger partial charge in [0.1, 0.15) is 5.82 Å². The Bertz CT molecular complexity index is 536. The first-order valence-electron chi connectivity index (χ1n) is 5.94. The summed E-state index contributed by atoms with van der Waals surface area (Å²) in [5.74, 6) is 1.05. The second kappa shape index (κ2) is 4.38. The minimum absolute atomic E-state index is 0.606. The van der Waals surface area contributed by atoms with Gasteiger partial charge in [0.2, 0.25) is 0 Å². The Kier molecular flexibility index (Phi) is 2.88. The zero-order valence-electron chi connectivity index (χ0n) is 9.80. The Labute approximate surface area is 109 Å². The number of likely N-dealkylation sites (N-methyl/N-ethyl adjacent to an activating group) is 1. The first-order chi connectivity index (χ1) is 8.25. The van der Waals surface area contributed by atoms with Gasteiger partial charge in [-0.15, -0.1) is 10.2 Å². The molecule has 1 aliphatic heterocycles. The Morgan fingerprint density at radius 1 is 1.41 bits per heavy atom. The lowest BCUT2D eigenvalue weighted by atomic mass is 10.1. The average molecular weight is 295 g/mol. The molecule has 3 heterocycles. The van der Waals surface area contributed by atoms with Crippen LogP contribution < -0.4 is 0 Å². The predicted molar refractivity (Wildman–Crippen MR) is 70.0 cm³/mol. The summed E-state index contributed by atoms with van der Waals surface area (Å²) in [6.45, 7) is 1.20. The molecule has 5 heteroatoms. The molecule has 2 aromatic heterocycles. The van der Waals surface area contributed by atoms with Gasteiger partial charge in [-0.05, 0) is 54.5 Å². The van der Waals surface area contributed by atoms with E-state index in [2.05, 4.69) is 42.5 Å². The van der Waals surface area contributed by atoms with E-state index in [4.69, 9.17) is 0 Å². The molecule has 1 saturated heterocycles. The number of halogens is 1. The standard InChI is InChI=1S/C12H15BrN4/c1-16-7-3-4-9(16)8-12-15-14-11-6-2-5-10(13)17(11)12/h2,5-6,9H,3-4,7-8H2,1H3. The van der Waals surface area contributed by atoms with Crippen molar-refractivity contribution < 1.29 is 0 Å². The summed E-state index contributed by atoms with van der Waals surface area (Å²) in [4.78, 5) is 2.41. The number of pyridine rings is 1. The summed E-state index contributed by atoms with van der Waals surface area (Å²) in [5, 5.41) is 8.52. The maximum Gasteiger partial charge on any atom is 0.161 e. The largest absolute Gasteiger partial charge is 0.303 e. The fourth-order valence-electron chi connectivity index (χ4n) is 2.54. The van der Waals surface area contributed by atoms with E-state index in [1.807, 2.05) is 18.2 Å². The van der Waals surface area contributed by atoms with Crippen molar-refractivity contribution in [3.63, 3.8) is 0 Å². The molecule has 1 atom stereocenters. The molecule has 1 aliphatic rings. The lowest BCUT2D eigenvalue weighted by Gasteiger charge is -2.18. The van der Waals surface area contributed by atoms with Crippen LogP contribution in [0.4, 0.5) is 0 Å². The summed E-state index contributed by atoms with van der Waals surface area (Å²) in [7, 11) is 2.19. The molecule has 0 aliphatic carbocycles. The van der Waals surface area contributed by atoms with Crippen LogP contribution in [0.2, 0.25) is 0 Å². The van der Waals surface area contributed by atoms with Gasteiger partial charge in [0.25, 0.3) is 0 Å². The van der Waals surface area contributed by atoms with E-state index in [9.17, 15) is 0 Å². The fourth-order valence-corrected chi connectivity index (χ4v) is 3.08. The van der Waals surface area contributed by atoms with Gasteiger partial charge in [0, 0.05) is 12.5 Å². The molecule has 0 aromatic carbocycles. The number of likely N-dealkylation sites (tertiary alicyclic amines) is 1. The Hall–Kier alpha value is -0.940. The SMILES string of the molecule is CN1CCCC1Cc1nnc2cccc(Br)n12. The predicted octanol–water partition coefficient (Wildman–Crippen LogP) is 2.13. The number of hydrogen-bond acceptors (Lipinski definition) is 3. The van der Waals surface area contributed by atoms with Crippen LogP contribution in [-0.4, -0.2) is 39.1 Å². The second-order valence-corrected chi connectivity index (χ2v) is 5.45. The van der Waals surface area contributed by atoms with Gasteiger partial charge in [0.05, 0.1) is 4.60 Å². The van der Waals surface area contributed by atoms with Crippen LogP contribution >= 0.6 is 15.9 Å². The summed E-state index contributed by atoms with van der Waals surface area (Å²) >= 11 is 3.56. The highest BCUT2D eigenvalue weighted by Crippen LogP contribution is 2.21. The first kappa shape index (κ1) is 11.2. The van der Waals surface area contributed by atoms with Crippen LogP contribution in [0.15, 0.2) is 22.8 Å². The van der Waals surface area contributed by atoms with E-state index >= 15 is 0 Å². The second-order valence-electron chi connectivity index (χ2n) is 4.64. The average Bonchev–Trinajstić information content (AvgIpc) is 2.89. The number of rotatable bonds is 2. The Morgan fingerprint density at radius 3 is 3.06 bits per heavy atom. The Balaban J connectivity index is 1.95. The molecular formula is C12H15BrN4. The highest BCUT2D eigenvalue weighted by atomic mass is 79.9. The van der Waals surface area contributed by atoms with E-state index in [-0.39, 0.29) is 0 Å². The number of aromatic nitrogens is 3. The van der Waals surface area contributed by atoms with E-state index < -0.39 is 0 Å². The van der Waals surface area contributed by atoms with Crippen molar-refractivity contribution >= 4 is 21.6 Å². The molecule has 2 aromatic rings. The lowest BCUT2D eigenvalue weighted by molar-refractivity contribution is 0.305. The van der Waals surface area contributed by atoms with Crippen molar-refractivity contribution in [3.05, 3.63) is 28.6 Å². The van der Waals surface area contributed by atoms with Crippen molar-refractivity contribution in [2.45, 2.75) is 25.3 Å². The summed E-state index contributed by atoms with van der Waals surface area (Å²) in [6.07, 6.45) is 3.52. The van der Waals surface area contributed by atoms with Crippen molar-refractivity contribution in [3.8, 4) is 0 Å². The molecule has 0 spiro atoms. The molecule has 0 bridgehead atoms. The molecule has 1 fully saturated rings. The third kappa shape index (κ3) is 1.98. The molecule has 0 N–H and O–H groups in total. The van der Waals surface area contributed by atoms with Crippen LogP contribution in [0.25, 0.3) is 5.65 Å². The summed E-state index contributed by atoms with van der Waals surface area (Å²) < 4.78 is 3.11. The molecule has 0 saturated carbocycles. The van der Waals surface area contributed by atoms with Crippen LogP contribution in [0.5, 0.6) is 0 Å². The molecule has 0 radical (unpaired) electrons. The fraction of sp³-hybridized carbons (Fsp3) is 0.500. The lowest BCUT2D eigenvalue weighted by Crippen LogP contribution is -2.27. The molecule has 1 unspecified atom stereocenters. The monoisotopic (exact) mass is 294 g/mol. The first-order valence-corrected chi connectivity index (χ1v) is 6.74. The molecular weight excluding hydrogens is 280 g/mol. The highest BCUT2D eigenvalue weighted by Gasteiger charge is 2.23. The van der Waals surface area contributed by atoms with E-state index in [0.29, 0.717) is 6.04 Å². The van der Waals surface area contributed by atoms with Gasteiger partial charge in [-0.25, -0.2) is 0 Å². The van der Waals surface area contributed by atoms with Gasteiger partial charge >= 0.3 is 0 Å². The maximum absolute atomic E-state index is 4.31. The van der Waals surface area contributed by atoms with Crippen molar-refractivity contribution in [2.24, 2.45) is 0 Å². The molecule has 4 nitrogen and oxygen atoms in total. The molecule has 0 amide bonds. The summed E-state index contributed by atoms with van der Waals surface area (Å²) in [5.41, 5.74) is 0.912. The zero-order valence-corrected chi connectivity index (χ0v) is 11.4. The van der Waals surface area contributed by atoms with E-state index in [0.717, 1.165) is 22.5 Å². The van der Waals surface area contributed by atoms with Gasteiger partial charge in [-0.1, -0.05) is 6.07 Å². The normalized spacial score (nSPS) is 21.4. The topological polar surface area (TPSA) is 33.4 Å². The maximum atomic E-state index is 4.31. The van der Waals surface area contributed by atoms with Crippen LogP contribution in [-0.2, 0) is 6.42 Å². The van der Waals surface area contributed by atoms with Crippen LogP contribution in [0, 0.1) is 0 Å². The van der Waals surface area contributed by atoms with Crippen molar-refractivity contribution in [1.29, 1.82) is 0 Å². The smallest absolute Gasteiger partial charge is 0.161 e. The van der Waals surface area contributed by atoms with Gasteiger partial charge in [-0.3, -0.25) is 4.40 Å². The minimum atomic E-state index is 0.606. The van der Waals surface area contributed by atoms with Crippen molar-refractivity contribution in [2.75, 3.05) is 13.6 Å². The van der Waals surface area contributed by atoms with Gasteiger partial charge in [0.15, 0.2) is 5.65 Å². The third-order valence-electron chi connectivity index (χ3n) is 3.54. The Morgan fingerprint density at radius 2 is 2.29 bits per heavy atom. The van der Waals surface area contributed by atoms with Gasteiger partial charge in [-0.2, -0.15) is 0 Å². The number of hydrogen-bond donors (Lipinski definition) is 0. The quantitative estimate of drug-likeness (QED) is 0.796. The van der Waals surface area contributed by atoms with Crippen molar-refractivity contribution in [1.82, 2.24) is 19.5 Å². The molecule has 90 valence electrons. The number of fused-ring (bicyclic) bond motifs is 1. The minimum Gasteiger partial charge on any atom is -0.303 e. The van der Waals surface area contributed by atoms with Crippen LogP contribution in [0.3, 0.4) is 0 Å².